The number of carbonyl (C=O) groups excluding carboxylic acids is 2. The quantitative estimate of drug-likeness (QED) is 0.587. The zero-order valence-electron chi connectivity index (χ0n) is 9.16. The average molecular weight is 227 g/mol. The Hall–Kier alpha value is -1.23. The van der Waals surface area contributed by atoms with Crippen molar-refractivity contribution in [3.05, 3.63) is 15.6 Å². The Bertz CT molecular complexity index is 395. The standard InChI is InChI=1S/C10H13NO3S/c1-5(2)9-11-7(10(13)14-4)8(15-9)6(3)12/h5H,1-4H3. The van der Waals surface area contributed by atoms with Gasteiger partial charge in [0.15, 0.2) is 11.5 Å². The van der Waals surface area contributed by atoms with Crippen LogP contribution in [0.1, 0.15) is 51.9 Å². The van der Waals surface area contributed by atoms with Crippen LogP contribution in [0.5, 0.6) is 0 Å². The molecule has 82 valence electrons. The number of carbonyl (C=O) groups is 2. The molecule has 0 amide bonds. The maximum Gasteiger partial charge on any atom is 0.358 e. The molecule has 0 aliphatic carbocycles. The Kier molecular flexibility index (Phi) is 3.57. The summed E-state index contributed by atoms with van der Waals surface area (Å²) in [6.07, 6.45) is 0. The van der Waals surface area contributed by atoms with Gasteiger partial charge in [-0.25, -0.2) is 9.78 Å². The summed E-state index contributed by atoms with van der Waals surface area (Å²) < 4.78 is 4.57. The molecule has 5 heteroatoms. The van der Waals surface area contributed by atoms with E-state index in [1.165, 1.54) is 25.4 Å². The Morgan fingerprint density at radius 3 is 2.40 bits per heavy atom. The molecule has 0 spiro atoms. The van der Waals surface area contributed by atoms with E-state index in [2.05, 4.69) is 9.72 Å². The first-order valence-corrected chi connectivity index (χ1v) is 5.39. The number of Topliss-reactive ketones (excluding diaryl/α,β-unsaturated/α-hetero) is 1. The molecule has 1 rings (SSSR count). The van der Waals surface area contributed by atoms with E-state index in [9.17, 15) is 9.59 Å². The van der Waals surface area contributed by atoms with E-state index in [0.717, 1.165) is 5.01 Å². The second kappa shape index (κ2) is 4.53. The predicted molar refractivity (Wildman–Crippen MR) is 57.5 cm³/mol. The molecule has 1 aromatic rings. The molecule has 15 heavy (non-hydrogen) atoms. The number of ether oxygens (including phenoxy) is 1. The van der Waals surface area contributed by atoms with Crippen molar-refractivity contribution in [3.63, 3.8) is 0 Å². The van der Waals surface area contributed by atoms with E-state index in [1.807, 2.05) is 13.8 Å². The summed E-state index contributed by atoms with van der Waals surface area (Å²) in [4.78, 5) is 27.1. The van der Waals surface area contributed by atoms with Crippen LogP contribution in [0.3, 0.4) is 0 Å². The number of thiazole rings is 1. The molecule has 0 aliphatic rings. The van der Waals surface area contributed by atoms with E-state index < -0.39 is 5.97 Å². The van der Waals surface area contributed by atoms with Gasteiger partial charge in [0.2, 0.25) is 0 Å². The summed E-state index contributed by atoms with van der Waals surface area (Å²) in [5.41, 5.74) is 0.138. The molecule has 0 unspecified atom stereocenters. The molecule has 4 nitrogen and oxygen atoms in total. The third kappa shape index (κ3) is 2.41. The Morgan fingerprint density at radius 2 is 2.00 bits per heavy atom. The van der Waals surface area contributed by atoms with Gasteiger partial charge >= 0.3 is 5.97 Å². The van der Waals surface area contributed by atoms with Crippen LogP contribution in [0, 0.1) is 0 Å². The van der Waals surface area contributed by atoms with Crippen LogP contribution in [-0.2, 0) is 4.74 Å². The normalized spacial score (nSPS) is 10.5. The van der Waals surface area contributed by atoms with Crippen LogP contribution in [0.15, 0.2) is 0 Å². The second-order valence-corrected chi connectivity index (χ2v) is 4.46. The highest BCUT2D eigenvalue weighted by Crippen LogP contribution is 2.25. The third-order valence-electron chi connectivity index (χ3n) is 1.84. The van der Waals surface area contributed by atoms with Crippen molar-refractivity contribution in [2.24, 2.45) is 0 Å². The van der Waals surface area contributed by atoms with Gasteiger partial charge < -0.3 is 4.74 Å². The Labute approximate surface area is 92.3 Å². The fourth-order valence-corrected chi connectivity index (χ4v) is 2.01. The van der Waals surface area contributed by atoms with E-state index in [1.54, 1.807) is 0 Å². The zero-order valence-corrected chi connectivity index (χ0v) is 9.97. The van der Waals surface area contributed by atoms with Gasteiger partial charge in [-0.1, -0.05) is 13.8 Å². The lowest BCUT2D eigenvalue weighted by Crippen LogP contribution is -2.07. The summed E-state index contributed by atoms with van der Waals surface area (Å²) in [5.74, 6) is -0.505. The molecule has 0 aliphatic heterocycles. The monoisotopic (exact) mass is 227 g/mol. The van der Waals surface area contributed by atoms with Crippen molar-refractivity contribution in [2.45, 2.75) is 26.7 Å². The topological polar surface area (TPSA) is 56.3 Å². The molecule has 0 atom stereocenters. The molecule has 0 saturated carbocycles. The lowest BCUT2D eigenvalue weighted by Gasteiger charge is -1.96. The second-order valence-electron chi connectivity index (χ2n) is 3.43. The van der Waals surface area contributed by atoms with E-state index in [-0.39, 0.29) is 17.4 Å². The van der Waals surface area contributed by atoms with Crippen LogP contribution < -0.4 is 0 Å². The van der Waals surface area contributed by atoms with Crippen LogP contribution in [0.4, 0.5) is 0 Å². The van der Waals surface area contributed by atoms with E-state index in [4.69, 9.17) is 0 Å². The minimum Gasteiger partial charge on any atom is -0.464 e. The summed E-state index contributed by atoms with van der Waals surface area (Å²) in [6.45, 7) is 5.34. The summed E-state index contributed by atoms with van der Waals surface area (Å²) in [5, 5.41) is 0.778. The highest BCUT2D eigenvalue weighted by molar-refractivity contribution is 7.14. The number of methoxy groups -OCH3 is 1. The van der Waals surface area contributed by atoms with Crippen molar-refractivity contribution < 1.29 is 14.3 Å². The van der Waals surface area contributed by atoms with Gasteiger partial charge in [-0.15, -0.1) is 11.3 Å². The van der Waals surface area contributed by atoms with Crippen molar-refractivity contribution >= 4 is 23.1 Å². The minimum atomic E-state index is -0.552. The van der Waals surface area contributed by atoms with Crippen molar-refractivity contribution in [3.8, 4) is 0 Å². The number of ketones is 1. The number of aromatic nitrogens is 1. The van der Waals surface area contributed by atoms with Gasteiger partial charge in [-0.05, 0) is 0 Å². The Balaban J connectivity index is 3.23. The van der Waals surface area contributed by atoms with Gasteiger partial charge in [0.05, 0.1) is 12.1 Å². The molecule has 0 fully saturated rings. The zero-order chi connectivity index (χ0) is 11.6. The summed E-state index contributed by atoms with van der Waals surface area (Å²) in [6, 6.07) is 0. The van der Waals surface area contributed by atoms with Crippen LogP contribution in [-0.4, -0.2) is 23.8 Å². The fraction of sp³-hybridized carbons (Fsp3) is 0.500. The molecule has 0 bridgehead atoms. The lowest BCUT2D eigenvalue weighted by atomic mass is 10.2. The number of esters is 1. The van der Waals surface area contributed by atoms with Crippen LogP contribution in [0.2, 0.25) is 0 Å². The molecule has 0 N–H and O–H groups in total. The van der Waals surface area contributed by atoms with Gasteiger partial charge in [-0.2, -0.15) is 0 Å². The summed E-state index contributed by atoms with van der Waals surface area (Å²) in [7, 11) is 1.28. The molecule has 0 aromatic carbocycles. The molecular formula is C10H13NO3S. The van der Waals surface area contributed by atoms with Gasteiger partial charge in [0.25, 0.3) is 0 Å². The maximum atomic E-state index is 11.3. The molecule has 1 heterocycles. The van der Waals surface area contributed by atoms with Gasteiger partial charge in [0, 0.05) is 12.8 Å². The fourth-order valence-electron chi connectivity index (χ4n) is 1.06. The van der Waals surface area contributed by atoms with Gasteiger partial charge in [0.1, 0.15) is 4.88 Å². The molecular weight excluding hydrogens is 214 g/mol. The lowest BCUT2D eigenvalue weighted by molar-refractivity contribution is 0.0591. The number of hydrogen-bond donors (Lipinski definition) is 0. The molecule has 0 saturated heterocycles. The predicted octanol–water partition coefficient (Wildman–Crippen LogP) is 2.26. The molecule has 0 radical (unpaired) electrons. The van der Waals surface area contributed by atoms with E-state index >= 15 is 0 Å². The number of rotatable bonds is 3. The van der Waals surface area contributed by atoms with Crippen molar-refractivity contribution in [1.82, 2.24) is 4.98 Å². The first-order valence-electron chi connectivity index (χ1n) is 4.57. The average Bonchev–Trinajstić information content (AvgIpc) is 2.61. The van der Waals surface area contributed by atoms with Crippen LogP contribution >= 0.6 is 11.3 Å². The minimum absolute atomic E-state index is 0.138. The van der Waals surface area contributed by atoms with Crippen molar-refractivity contribution in [1.29, 1.82) is 0 Å². The van der Waals surface area contributed by atoms with Gasteiger partial charge in [-0.3, -0.25) is 4.79 Å². The first kappa shape index (κ1) is 11.8. The summed E-state index contributed by atoms with van der Waals surface area (Å²) >= 11 is 1.26. The largest absolute Gasteiger partial charge is 0.464 e. The number of nitrogens with zero attached hydrogens (tertiary/aromatic N) is 1. The first-order chi connectivity index (χ1) is 6.97. The highest BCUT2D eigenvalue weighted by Gasteiger charge is 2.22. The van der Waals surface area contributed by atoms with E-state index in [0.29, 0.717) is 4.88 Å². The smallest absolute Gasteiger partial charge is 0.358 e. The third-order valence-corrected chi connectivity index (χ3v) is 3.29. The maximum absolute atomic E-state index is 11.3. The van der Waals surface area contributed by atoms with Crippen LogP contribution in [0.25, 0.3) is 0 Å². The van der Waals surface area contributed by atoms with Crippen molar-refractivity contribution in [2.75, 3.05) is 7.11 Å². The molecule has 1 aromatic heterocycles. The highest BCUT2D eigenvalue weighted by atomic mass is 32.1. The SMILES string of the molecule is COC(=O)c1nc(C(C)C)sc1C(C)=O. The Morgan fingerprint density at radius 1 is 1.40 bits per heavy atom. The number of hydrogen-bond acceptors (Lipinski definition) is 5.